The van der Waals surface area contributed by atoms with E-state index in [1.54, 1.807) is 6.08 Å². The molecule has 0 heterocycles. The lowest BCUT2D eigenvalue weighted by atomic mass is 10.4. The first-order chi connectivity index (χ1) is 4.70. The lowest BCUT2D eigenvalue weighted by Gasteiger charge is -1.98. The molecule has 3 heteroatoms. The molecular weight excluding hydrogens is 128 g/mol. The summed E-state index contributed by atoms with van der Waals surface area (Å²) in [6, 6.07) is -0.604. The average Bonchev–Trinajstić information content (AvgIpc) is 1.86. The fraction of sp³-hybridized carbons (Fsp3) is 0. The minimum Gasteiger partial charge on any atom is -0.351 e. The molecule has 0 saturated heterocycles. The molecule has 0 aliphatic heterocycles. The standard InChI is InChI=1S/C7H10N2O/c1-3-5-6(4-2)9-7(8)10/h3-5H,1-2H2,(H3,8,9,10)/b6-5+. The highest BCUT2D eigenvalue weighted by molar-refractivity contribution is 5.74. The summed E-state index contributed by atoms with van der Waals surface area (Å²) in [5.74, 6) is 0. The Morgan fingerprint density at radius 3 is 2.40 bits per heavy atom. The van der Waals surface area contributed by atoms with E-state index in [0.717, 1.165) is 0 Å². The number of carbonyl (C=O) groups is 1. The van der Waals surface area contributed by atoms with Gasteiger partial charge in [-0.1, -0.05) is 19.2 Å². The van der Waals surface area contributed by atoms with E-state index < -0.39 is 6.03 Å². The maximum atomic E-state index is 10.2. The molecule has 0 atom stereocenters. The number of nitrogens with one attached hydrogen (secondary N) is 1. The number of hydrogen-bond acceptors (Lipinski definition) is 1. The lowest BCUT2D eigenvalue weighted by Crippen LogP contribution is -2.27. The van der Waals surface area contributed by atoms with Gasteiger partial charge in [0.15, 0.2) is 0 Å². The van der Waals surface area contributed by atoms with E-state index in [1.807, 2.05) is 0 Å². The van der Waals surface area contributed by atoms with Gasteiger partial charge in [0.2, 0.25) is 0 Å². The minimum atomic E-state index is -0.604. The number of rotatable bonds is 3. The predicted molar refractivity (Wildman–Crippen MR) is 41.2 cm³/mol. The van der Waals surface area contributed by atoms with Crippen molar-refractivity contribution in [3.8, 4) is 0 Å². The minimum absolute atomic E-state index is 0.544. The van der Waals surface area contributed by atoms with Crippen molar-refractivity contribution < 1.29 is 4.79 Å². The van der Waals surface area contributed by atoms with E-state index in [2.05, 4.69) is 18.5 Å². The highest BCUT2D eigenvalue weighted by atomic mass is 16.2. The van der Waals surface area contributed by atoms with Crippen LogP contribution >= 0.6 is 0 Å². The summed E-state index contributed by atoms with van der Waals surface area (Å²) in [6.45, 7) is 6.89. The van der Waals surface area contributed by atoms with Crippen LogP contribution in [0.25, 0.3) is 0 Å². The van der Waals surface area contributed by atoms with Crippen LogP contribution in [0.2, 0.25) is 0 Å². The van der Waals surface area contributed by atoms with Crippen molar-refractivity contribution in [2.24, 2.45) is 5.73 Å². The second-order valence-corrected chi connectivity index (χ2v) is 1.55. The molecule has 3 nitrogen and oxygen atoms in total. The topological polar surface area (TPSA) is 55.1 Å². The normalized spacial score (nSPS) is 10.2. The first-order valence-corrected chi connectivity index (χ1v) is 2.72. The number of nitrogens with two attached hydrogens (primary N) is 1. The molecule has 0 saturated carbocycles. The molecule has 0 rings (SSSR count). The van der Waals surface area contributed by atoms with E-state index in [9.17, 15) is 4.79 Å². The third-order valence-electron chi connectivity index (χ3n) is 0.785. The SMILES string of the molecule is C=C/C=C(\C=C)NC(N)=O. The zero-order chi connectivity index (χ0) is 7.98. The summed E-state index contributed by atoms with van der Waals surface area (Å²) in [7, 11) is 0. The Balaban J connectivity index is 4.08. The molecule has 0 aromatic rings. The van der Waals surface area contributed by atoms with Gasteiger partial charge in [-0.3, -0.25) is 0 Å². The van der Waals surface area contributed by atoms with Gasteiger partial charge in [0.05, 0.1) is 0 Å². The molecule has 0 bridgehead atoms. The zero-order valence-corrected chi connectivity index (χ0v) is 5.63. The van der Waals surface area contributed by atoms with Crippen molar-refractivity contribution in [3.05, 3.63) is 37.1 Å². The van der Waals surface area contributed by atoms with Gasteiger partial charge >= 0.3 is 6.03 Å². The van der Waals surface area contributed by atoms with Crippen LogP contribution in [0.15, 0.2) is 37.1 Å². The largest absolute Gasteiger partial charge is 0.351 e. The zero-order valence-electron chi connectivity index (χ0n) is 5.63. The van der Waals surface area contributed by atoms with Crippen LogP contribution < -0.4 is 11.1 Å². The fourth-order valence-electron chi connectivity index (χ4n) is 0.430. The Morgan fingerprint density at radius 1 is 1.50 bits per heavy atom. The van der Waals surface area contributed by atoms with Crippen LogP contribution in [0, 0.1) is 0 Å². The van der Waals surface area contributed by atoms with Crippen LogP contribution in [0.3, 0.4) is 0 Å². The van der Waals surface area contributed by atoms with Crippen molar-refractivity contribution >= 4 is 6.03 Å². The van der Waals surface area contributed by atoms with Gasteiger partial charge < -0.3 is 11.1 Å². The van der Waals surface area contributed by atoms with Crippen molar-refractivity contribution in [1.82, 2.24) is 5.32 Å². The summed E-state index contributed by atoms with van der Waals surface area (Å²) in [5, 5.41) is 2.34. The Morgan fingerprint density at radius 2 is 2.10 bits per heavy atom. The quantitative estimate of drug-likeness (QED) is 0.559. The van der Waals surface area contributed by atoms with E-state index in [-0.39, 0.29) is 0 Å². The van der Waals surface area contributed by atoms with Gasteiger partial charge in [-0.15, -0.1) is 0 Å². The monoisotopic (exact) mass is 138 g/mol. The van der Waals surface area contributed by atoms with Gasteiger partial charge in [-0.2, -0.15) is 0 Å². The average molecular weight is 138 g/mol. The Labute approximate surface area is 59.9 Å². The van der Waals surface area contributed by atoms with Crippen LogP contribution in [0.5, 0.6) is 0 Å². The number of amides is 2. The lowest BCUT2D eigenvalue weighted by molar-refractivity contribution is 0.251. The molecule has 0 aliphatic carbocycles. The molecule has 0 aliphatic rings. The van der Waals surface area contributed by atoms with Crippen molar-refractivity contribution in [2.45, 2.75) is 0 Å². The first-order valence-electron chi connectivity index (χ1n) is 2.72. The Kier molecular flexibility index (Phi) is 3.72. The van der Waals surface area contributed by atoms with Crippen LogP contribution in [0.4, 0.5) is 4.79 Å². The number of hydrogen-bond donors (Lipinski definition) is 2. The molecule has 0 fully saturated rings. The van der Waals surface area contributed by atoms with E-state index in [0.29, 0.717) is 5.70 Å². The Hall–Kier alpha value is -1.51. The highest BCUT2D eigenvalue weighted by Gasteiger charge is 1.91. The summed E-state index contributed by atoms with van der Waals surface area (Å²) in [4.78, 5) is 10.2. The van der Waals surface area contributed by atoms with Gasteiger partial charge in [-0.25, -0.2) is 4.79 Å². The molecule has 0 aromatic carbocycles. The Bertz CT molecular complexity index is 182. The number of primary amides is 1. The smallest absolute Gasteiger partial charge is 0.316 e. The van der Waals surface area contributed by atoms with Gasteiger partial charge in [-0.05, 0) is 12.2 Å². The maximum absolute atomic E-state index is 10.2. The first kappa shape index (κ1) is 8.49. The second-order valence-electron chi connectivity index (χ2n) is 1.55. The van der Waals surface area contributed by atoms with Gasteiger partial charge in [0.1, 0.15) is 0 Å². The van der Waals surface area contributed by atoms with E-state index in [1.165, 1.54) is 12.2 Å². The molecule has 0 unspecified atom stereocenters. The summed E-state index contributed by atoms with van der Waals surface area (Å²) in [5.41, 5.74) is 5.37. The van der Waals surface area contributed by atoms with Crippen LogP contribution in [-0.2, 0) is 0 Å². The van der Waals surface area contributed by atoms with Crippen molar-refractivity contribution in [2.75, 3.05) is 0 Å². The molecule has 0 radical (unpaired) electrons. The van der Waals surface area contributed by atoms with Crippen molar-refractivity contribution in [1.29, 1.82) is 0 Å². The third-order valence-corrected chi connectivity index (χ3v) is 0.785. The molecule has 2 amide bonds. The van der Waals surface area contributed by atoms with Crippen molar-refractivity contribution in [3.63, 3.8) is 0 Å². The number of allylic oxidation sites excluding steroid dienone is 3. The maximum Gasteiger partial charge on any atom is 0.316 e. The molecule has 54 valence electrons. The number of carbonyl (C=O) groups excluding carboxylic acids is 1. The van der Waals surface area contributed by atoms with Gasteiger partial charge in [0, 0.05) is 5.70 Å². The van der Waals surface area contributed by atoms with Crippen LogP contribution in [0.1, 0.15) is 0 Å². The third kappa shape index (κ3) is 3.49. The number of urea groups is 1. The summed E-state index contributed by atoms with van der Waals surface area (Å²) in [6.07, 6.45) is 4.61. The fourth-order valence-corrected chi connectivity index (χ4v) is 0.430. The molecule has 3 N–H and O–H groups in total. The van der Waals surface area contributed by atoms with Crippen LogP contribution in [-0.4, -0.2) is 6.03 Å². The molecule has 10 heavy (non-hydrogen) atoms. The van der Waals surface area contributed by atoms with E-state index in [4.69, 9.17) is 5.73 Å². The second kappa shape index (κ2) is 4.38. The van der Waals surface area contributed by atoms with E-state index >= 15 is 0 Å². The molecular formula is C7H10N2O. The molecule has 0 aromatic heterocycles. The highest BCUT2D eigenvalue weighted by Crippen LogP contribution is 1.88. The van der Waals surface area contributed by atoms with Gasteiger partial charge in [0.25, 0.3) is 0 Å². The molecule has 0 spiro atoms. The summed E-state index contributed by atoms with van der Waals surface area (Å²) >= 11 is 0. The summed E-state index contributed by atoms with van der Waals surface area (Å²) < 4.78 is 0. The predicted octanol–water partition coefficient (Wildman–Crippen LogP) is 0.911.